The summed E-state index contributed by atoms with van der Waals surface area (Å²) in [6, 6.07) is 7.51. The Balaban J connectivity index is 1.21. The third kappa shape index (κ3) is 4.46. The maximum Gasteiger partial charge on any atom is 0.256 e. The van der Waals surface area contributed by atoms with E-state index in [1.165, 1.54) is 43.4 Å². The van der Waals surface area contributed by atoms with Gasteiger partial charge in [0.1, 0.15) is 5.82 Å². The van der Waals surface area contributed by atoms with E-state index >= 15 is 0 Å². The lowest BCUT2D eigenvalue weighted by Gasteiger charge is -2.47. The van der Waals surface area contributed by atoms with Crippen LogP contribution in [-0.4, -0.2) is 68.4 Å². The van der Waals surface area contributed by atoms with Crippen LogP contribution in [-0.2, 0) is 4.79 Å². The standard InChI is InChI=1S/C33H40FN5O2/c1-19(2)37(3)32(40)27-16-22(34)6-11-29(27)38-18-28(26-12-13-35-17-30(26)38)21-14-24-9-10-25(15-21)39(24)33(41)31-20-4-7-23(36-31)8-5-20/h6,11-13,16-21,23-25,31,36H,4-5,7-10,14-15H2,1-3H3. The SMILES string of the molecule is CC(C)N(C)C(=O)c1cc(F)ccc1-n1cc(C2CC3CCC(C2)N3C(=O)C2NC3CCC2CC3)c2ccncc21. The van der Waals surface area contributed by atoms with Gasteiger partial charge in [0, 0.05) is 49.0 Å². The number of carbonyl (C=O) groups is 2. The molecule has 0 radical (unpaired) electrons. The highest BCUT2D eigenvalue weighted by Crippen LogP contribution is 2.46. The Morgan fingerprint density at radius 3 is 2.44 bits per heavy atom. The molecule has 0 spiro atoms. The number of pyridine rings is 1. The van der Waals surface area contributed by atoms with Crippen molar-refractivity contribution in [2.75, 3.05) is 7.05 Å². The number of fused-ring (bicyclic) bond motifs is 6. The van der Waals surface area contributed by atoms with E-state index in [0.717, 1.165) is 36.6 Å². The topological polar surface area (TPSA) is 70.5 Å². The van der Waals surface area contributed by atoms with Crippen LogP contribution in [0.4, 0.5) is 4.39 Å². The number of halogens is 1. The molecular formula is C33H40FN5O2. The number of carbonyl (C=O) groups excluding carboxylic acids is 2. The van der Waals surface area contributed by atoms with Crippen molar-refractivity contribution in [3.63, 3.8) is 0 Å². The lowest BCUT2D eigenvalue weighted by molar-refractivity contribution is -0.141. The van der Waals surface area contributed by atoms with E-state index in [1.54, 1.807) is 18.0 Å². The van der Waals surface area contributed by atoms with E-state index in [4.69, 9.17) is 0 Å². The molecule has 2 amide bonds. The summed E-state index contributed by atoms with van der Waals surface area (Å²) >= 11 is 0. The first-order chi connectivity index (χ1) is 19.8. The molecule has 1 N–H and O–H groups in total. The number of amides is 2. The van der Waals surface area contributed by atoms with Crippen LogP contribution >= 0.6 is 0 Å². The summed E-state index contributed by atoms with van der Waals surface area (Å²) in [6.45, 7) is 3.90. The lowest BCUT2D eigenvalue weighted by Crippen LogP contribution is -2.61. The summed E-state index contributed by atoms with van der Waals surface area (Å²) in [5.74, 6) is 0.476. The zero-order valence-corrected chi connectivity index (χ0v) is 24.2. The Kier molecular flexibility index (Phi) is 6.64. The minimum Gasteiger partial charge on any atom is -0.339 e. The van der Waals surface area contributed by atoms with Gasteiger partial charge in [-0.05, 0) is 107 Å². The van der Waals surface area contributed by atoms with Crippen LogP contribution in [0.25, 0.3) is 16.6 Å². The summed E-state index contributed by atoms with van der Waals surface area (Å²) in [7, 11) is 1.75. The first kappa shape index (κ1) is 26.6. The van der Waals surface area contributed by atoms with Gasteiger partial charge in [0.05, 0.1) is 29.0 Å². The fourth-order valence-electron chi connectivity index (χ4n) is 8.17. The van der Waals surface area contributed by atoms with Crippen molar-refractivity contribution < 1.29 is 14.0 Å². The van der Waals surface area contributed by atoms with Crippen molar-refractivity contribution >= 4 is 22.7 Å². The maximum absolute atomic E-state index is 14.4. The van der Waals surface area contributed by atoms with Crippen LogP contribution in [0.5, 0.6) is 0 Å². The second-order valence-corrected chi connectivity index (χ2v) is 13.1. The summed E-state index contributed by atoms with van der Waals surface area (Å²) in [6.07, 6.45) is 14.5. The Labute approximate surface area is 241 Å². The second-order valence-electron chi connectivity index (χ2n) is 13.1. The molecule has 3 aromatic rings. The molecule has 41 heavy (non-hydrogen) atoms. The summed E-state index contributed by atoms with van der Waals surface area (Å²) in [5.41, 5.74) is 3.12. The number of hydrogen-bond acceptors (Lipinski definition) is 4. The molecule has 5 aliphatic rings. The van der Waals surface area contributed by atoms with Crippen molar-refractivity contribution in [3.05, 3.63) is 59.8 Å². The molecule has 3 atom stereocenters. The third-order valence-electron chi connectivity index (χ3n) is 10.5. The molecular weight excluding hydrogens is 517 g/mol. The zero-order valence-electron chi connectivity index (χ0n) is 24.2. The average molecular weight is 558 g/mol. The fourth-order valence-corrected chi connectivity index (χ4v) is 8.17. The van der Waals surface area contributed by atoms with Crippen molar-refractivity contribution in [2.24, 2.45) is 5.92 Å². The predicted molar refractivity (Wildman–Crippen MR) is 157 cm³/mol. The quantitative estimate of drug-likeness (QED) is 0.455. The molecule has 8 rings (SSSR count). The van der Waals surface area contributed by atoms with Crippen LogP contribution in [0.3, 0.4) is 0 Å². The highest BCUT2D eigenvalue weighted by molar-refractivity contribution is 5.99. The summed E-state index contributed by atoms with van der Waals surface area (Å²) < 4.78 is 16.5. The Bertz CT molecular complexity index is 1480. The van der Waals surface area contributed by atoms with Crippen LogP contribution in [0.15, 0.2) is 42.9 Å². The van der Waals surface area contributed by atoms with Crippen LogP contribution < -0.4 is 5.32 Å². The van der Waals surface area contributed by atoms with E-state index in [-0.39, 0.29) is 30.1 Å². The second kappa shape index (κ2) is 10.2. The number of piperidine rings is 3. The first-order valence-corrected chi connectivity index (χ1v) is 15.4. The number of benzene rings is 1. The van der Waals surface area contributed by atoms with Gasteiger partial charge in [-0.25, -0.2) is 4.39 Å². The molecule has 2 aromatic heterocycles. The monoisotopic (exact) mass is 557 g/mol. The van der Waals surface area contributed by atoms with Crippen LogP contribution in [0.2, 0.25) is 0 Å². The molecule has 1 saturated carbocycles. The number of nitrogens with one attached hydrogen (secondary N) is 1. The number of hydrogen-bond donors (Lipinski definition) is 1. The van der Waals surface area contributed by atoms with Gasteiger partial charge in [-0.3, -0.25) is 14.6 Å². The largest absolute Gasteiger partial charge is 0.339 e. The molecule has 7 nitrogen and oxygen atoms in total. The fraction of sp³-hybridized carbons (Fsp3) is 0.545. The third-order valence-corrected chi connectivity index (χ3v) is 10.5. The van der Waals surface area contributed by atoms with Crippen molar-refractivity contribution in [1.82, 2.24) is 24.7 Å². The molecule has 6 heterocycles. The van der Waals surface area contributed by atoms with Crippen molar-refractivity contribution in [1.29, 1.82) is 0 Å². The smallest absolute Gasteiger partial charge is 0.256 e. The van der Waals surface area contributed by atoms with Gasteiger partial charge >= 0.3 is 0 Å². The molecule has 4 saturated heterocycles. The van der Waals surface area contributed by atoms with Crippen LogP contribution in [0, 0.1) is 11.7 Å². The van der Waals surface area contributed by atoms with Gasteiger partial charge in [-0.15, -0.1) is 0 Å². The van der Waals surface area contributed by atoms with Gasteiger partial charge < -0.3 is 19.7 Å². The van der Waals surface area contributed by atoms with Gasteiger partial charge in [0.2, 0.25) is 5.91 Å². The molecule has 1 aromatic carbocycles. The molecule has 5 fully saturated rings. The van der Waals surface area contributed by atoms with Crippen molar-refractivity contribution in [2.45, 2.75) is 101 Å². The number of nitrogens with zero attached hydrogens (tertiary/aromatic N) is 4. The predicted octanol–water partition coefficient (Wildman–Crippen LogP) is 5.41. The van der Waals surface area contributed by atoms with E-state index in [9.17, 15) is 14.0 Å². The highest BCUT2D eigenvalue weighted by Gasteiger charge is 2.48. The van der Waals surface area contributed by atoms with Crippen molar-refractivity contribution in [3.8, 4) is 5.69 Å². The number of aromatic nitrogens is 2. The van der Waals surface area contributed by atoms with E-state index in [1.807, 2.05) is 30.8 Å². The molecule has 216 valence electrons. The van der Waals surface area contributed by atoms with E-state index in [2.05, 4.69) is 27.5 Å². The highest BCUT2D eigenvalue weighted by atomic mass is 19.1. The lowest BCUT2D eigenvalue weighted by atomic mass is 9.75. The Hall–Kier alpha value is -3.26. The molecule has 8 heteroatoms. The maximum atomic E-state index is 14.4. The van der Waals surface area contributed by atoms with Gasteiger partial charge in [-0.1, -0.05) is 0 Å². The Morgan fingerprint density at radius 1 is 1.05 bits per heavy atom. The zero-order chi connectivity index (χ0) is 28.4. The van der Waals surface area contributed by atoms with Crippen LogP contribution in [0.1, 0.15) is 87.1 Å². The van der Waals surface area contributed by atoms with E-state index < -0.39 is 5.82 Å². The first-order valence-electron chi connectivity index (χ1n) is 15.4. The molecule has 1 aliphatic carbocycles. The normalized spacial score (nSPS) is 29.0. The van der Waals surface area contributed by atoms with Gasteiger partial charge in [0.25, 0.3) is 5.91 Å². The van der Waals surface area contributed by atoms with E-state index in [0.29, 0.717) is 35.0 Å². The minimum absolute atomic E-state index is 0.00598. The Morgan fingerprint density at radius 2 is 1.78 bits per heavy atom. The minimum atomic E-state index is -0.432. The molecule has 4 aliphatic heterocycles. The van der Waals surface area contributed by atoms with Gasteiger partial charge in [0.15, 0.2) is 0 Å². The summed E-state index contributed by atoms with van der Waals surface area (Å²) in [4.78, 5) is 35.6. The molecule has 3 unspecified atom stereocenters. The number of rotatable bonds is 5. The average Bonchev–Trinajstić information content (AvgIpc) is 3.50. The van der Waals surface area contributed by atoms with Gasteiger partial charge in [-0.2, -0.15) is 0 Å². The summed E-state index contributed by atoms with van der Waals surface area (Å²) in [5, 5.41) is 4.79. The molecule has 4 bridgehead atoms.